The Balaban J connectivity index is 2.19. The first-order valence-corrected chi connectivity index (χ1v) is 7.86. The van der Waals surface area contributed by atoms with Crippen LogP contribution < -0.4 is 4.72 Å². The molecule has 0 radical (unpaired) electrons. The minimum absolute atomic E-state index is 0.133. The highest BCUT2D eigenvalue weighted by atomic mass is 32.2. The van der Waals surface area contributed by atoms with Gasteiger partial charge in [0.1, 0.15) is 0 Å². The van der Waals surface area contributed by atoms with Crippen LogP contribution in [0.15, 0.2) is 23.1 Å². The summed E-state index contributed by atoms with van der Waals surface area (Å²) in [7, 11) is -3.79. The Bertz CT molecular complexity index is 560. The Morgan fingerprint density at radius 2 is 1.84 bits per heavy atom. The highest BCUT2D eigenvalue weighted by Gasteiger charge is 2.27. The maximum absolute atomic E-state index is 13.1. The summed E-state index contributed by atoms with van der Waals surface area (Å²) < 4.78 is 52.7. The molecule has 3 nitrogen and oxygen atoms in total. The van der Waals surface area contributed by atoms with Crippen molar-refractivity contribution in [1.82, 2.24) is 4.72 Å². The van der Waals surface area contributed by atoms with Gasteiger partial charge in [-0.2, -0.15) is 0 Å². The monoisotopic (exact) mass is 289 g/mol. The molecule has 0 amide bonds. The fraction of sp³-hybridized carbons (Fsp3) is 0.538. The molecule has 19 heavy (non-hydrogen) atoms. The molecule has 1 aliphatic carbocycles. The average molecular weight is 289 g/mol. The van der Waals surface area contributed by atoms with Gasteiger partial charge in [-0.1, -0.05) is 19.8 Å². The topological polar surface area (TPSA) is 46.2 Å². The van der Waals surface area contributed by atoms with Crippen LogP contribution in [0.1, 0.15) is 32.6 Å². The normalized spacial score (nSPS) is 24.4. The molecule has 6 heteroatoms. The number of benzene rings is 1. The van der Waals surface area contributed by atoms with E-state index in [0.29, 0.717) is 6.07 Å². The van der Waals surface area contributed by atoms with Crippen molar-refractivity contribution in [1.29, 1.82) is 0 Å². The van der Waals surface area contributed by atoms with Crippen LogP contribution in [0.2, 0.25) is 0 Å². The smallest absolute Gasteiger partial charge is 0.208 e. The third-order valence-electron chi connectivity index (χ3n) is 3.62. The van der Waals surface area contributed by atoms with Crippen LogP contribution in [0, 0.1) is 17.6 Å². The quantitative estimate of drug-likeness (QED) is 0.930. The SMILES string of the molecule is C[C@H]1CCCC[C@H]1NS(=O)(=O)c1ccc(F)c(F)c1. The van der Waals surface area contributed by atoms with Crippen molar-refractivity contribution >= 4 is 10.0 Å². The molecule has 1 aromatic rings. The maximum atomic E-state index is 13.1. The van der Waals surface area contributed by atoms with E-state index < -0.39 is 21.7 Å². The van der Waals surface area contributed by atoms with Crippen LogP contribution >= 0.6 is 0 Å². The number of sulfonamides is 1. The molecule has 2 atom stereocenters. The van der Waals surface area contributed by atoms with Crippen molar-refractivity contribution in [2.45, 2.75) is 43.5 Å². The van der Waals surface area contributed by atoms with Gasteiger partial charge in [-0.3, -0.25) is 0 Å². The molecule has 0 bridgehead atoms. The minimum atomic E-state index is -3.79. The van der Waals surface area contributed by atoms with Gasteiger partial charge in [0.2, 0.25) is 10.0 Å². The maximum Gasteiger partial charge on any atom is 0.240 e. The Labute approximate surface area is 112 Å². The molecule has 0 heterocycles. The Morgan fingerprint density at radius 1 is 1.16 bits per heavy atom. The Morgan fingerprint density at radius 3 is 2.47 bits per heavy atom. The molecule has 0 aliphatic heterocycles. The second-order valence-electron chi connectivity index (χ2n) is 5.07. The molecule has 1 aromatic carbocycles. The largest absolute Gasteiger partial charge is 0.240 e. The van der Waals surface area contributed by atoms with E-state index in [9.17, 15) is 17.2 Å². The average Bonchev–Trinajstić information content (AvgIpc) is 2.35. The zero-order chi connectivity index (χ0) is 14.0. The predicted octanol–water partition coefficient (Wildman–Crippen LogP) is 2.82. The first-order valence-electron chi connectivity index (χ1n) is 6.37. The number of nitrogens with one attached hydrogen (secondary N) is 1. The van der Waals surface area contributed by atoms with Gasteiger partial charge in [0.05, 0.1) is 4.90 Å². The highest BCUT2D eigenvalue weighted by Crippen LogP contribution is 2.25. The second-order valence-corrected chi connectivity index (χ2v) is 6.78. The van der Waals surface area contributed by atoms with E-state index in [4.69, 9.17) is 0 Å². The van der Waals surface area contributed by atoms with Crippen molar-refractivity contribution in [3.8, 4) is 0 Å². The highest BCUT2D eigenvalue weighted by molar-refractivity contribution is 7.89. The molecule has 106 valence electrons. The molecule has 2 rings (SSSR count). The Hall–Kier alpha value is -1.01. The standard InChI is InChI=1S/C13H17F2NO2S/c1-9-4-2-3-5-13(9)16-19(17,18)10-6-7-11(14)12(15)8-10/h6-9,13,16H,2-5H2,1H3/t9-,13+/m0/s1. The predicted molar refractivity (Wildman–Crippen MR) is 68.1 cm³/mol. The van der Waals surface area contributed by atoms with Crippen LogP contribution in [-0.4, -0.2) is 14.5 Å². The summed E-state index contributed by atoms with van der Waals surface area (Å²) in [5.74, 6) is -1.95. The lowest BCUT2D eigenvalue weighted by molar-refractivity contribution is 0.310. The first kappa shape index (κ1) is 14.4. The third kappa shape index (κ3) is 3.30. The van der Waals surface area contributed by atoms with Crippen LogP contribution in [0.25, 0.3) is 0 Å². The van der Waals surface area contributed by atoms with E-state index in [1.807, 2.05) is 6.92 Å². The summed E-state index contributed by atoms with van der Waals surface area (Å²) in [5.41, 5.74) is 0. The molecule has 0 saturated heterocycles. The summed E-state index contributed by atoms with van der Waals surface area (Å²) in [5, 5.41) is 0. The van der Waals surface area contributed by atoms with E-state index in [2.05, 4.69) is 4.72 Å². The molecule has 1 saturated carbocycles. The number of halogens is 2. The fourth-order valence-corrected chi connectivity index (χ4v) is 3.79. The van der Waals surface area contributed by atoms with Crippen LogP contribution in [0.5, 0.6) is 0 Å². The summed E-state index contributed by atoms with van der Waals surface area (Å²) >= 11 is 0. The minimum Gasteiger partial charge on any atom is -0.208 e. The lowest BCUT2D eigenvalue weighted by Crippen LogP contribution is -2.41. The van der Waals surface area contributed by atoms with Crippen molar-refractivity contribution in [2.24, 2.45) is 5.92 Å². The van der Waals surface area contributed by atoms with Crippen LogP contribution in [0.3, 0.4) is 0 Å². The van der Waals surface area contributed by atoms with Gasteiger partial charge in [0.15, 0.2) is 11.6 Å². The third-order valence-corrected chi connectivity index (χ3v) is 5.11. The number of rotatable bonds is 3. The van der Waals surface area contributed by atoms with Gasteiger partial charge in [0, 0.05) is 6.04 Å². The number of hydrogen-bond donors (Lipinski definition) is 1. The summed E-state index contributed by atoms with van der Waals surface area (Å²) in [6.07, 6.45) is 3.84. The molecule has 1 aliphatic rings. The van der Waals surface area contributed by atoms with Gasteiger partial charge >= 0.3 is 0 Å². The van der Waals surface area contributed by atoms with Gasteiger partial charge in [-0.15, -0.1) is 0 Å². The summed E-state index contributed by atoms with van der Waals surface area (Å²) in [6.45, 7) is 2.00. The Kier molecular flexibility index (Phi) is 4.20. The van der Waals surface area contributed by atoms with E-state index in [0.717, 1.165) is 37.8 Å². The van der Waals surface area contributed by atoms with E-state index >= 15 is 0 Å². The van der Waals surface area contributed by atoms with E-state index in [-0.39, 0.29) is 16.9 Å². The molecular weight excluding hydrogens is 272 g/mol. The zero-order valence-corrected chi connectivity index (χ0v) is 11.5. The van der Waals surface area contributed by atoms with E-state index in [1.165, 1.54) is 0 Å². The summed E-state index contributed by atoms with van der Waals surface area (Å²) in [4.78, 5) is -0.232. The molecule has 1 fully saturated rings. The second kappa shape index (κ2) is 5.54. The zero-order valence-electron chi connectivity index (χ0n) is 10.7. The molecule has 0 spiro atoms. The molecule has 0 unspecified atom stereocenters. The van der Waals surface area contributed by atoms with Crippen molar-refractivity contribution < 1.29 is 17.2 Å². The fourth-order valence-electron chi connectivity index (χ4n) is 2.40. The van der Waals surface area contributed by atoms with Gasteiger partial charge in [0.25, 0.3) is 0 Å². The van der Waals surface area contributed by atoms with Crippen LogP contribution in [0.4, 0.5) is 8.78 Å². The van der Waals surface area contributed by atoms with Crippen molar-refractivity contribution in [3.05, 3.63) is 29.8 Å². The van der Waals surface area contributed by atoms with Crippen LogP contribution in [-0.2, 0) is 10.0 Å². The van der Waals surface area contributed by atoms with Gasteiger partial charge < -0.3 is 0 Å². The lowest BCUT2D eigenvalue weighted by Gasteiger charge is -2.29. The van der Waals surface area contributed by atoms with Crippen molar-refractivity contribution in [3.63, 3.8) is 0 Å². The molecule has 1 N–H and O–H groups in total. The first-order chi connectivity index (χ1) is 8.90. The lowest BCUT2D eigenvalue weighted by atomic mass is 9.87. The van der Waals surface area contributed by atoms with Crippen molar-refractivity contribution in [2.75, 3.05) is 0 Å². The molecular formula is C13H17F2NO2S. The number of hydrogen-bond acceptors (Lipinski definition) is 2. The van der Waals surface area contributed by atoms with Gasteiger partial charge in [-0.05, 0) is 37.0 Å². The summed E-state index contributed by atoms with van der Waals surface area (Å²) in [6, 6.07) is 2.49. The van der Waals surface area contributed by atoms with Gasteiger partial charge in [-0.25, -0.2) is 21.9 Å². The molecule has 0 aromatic heterocycles. The van der Waals surface area contributed by atoms with E-state index in [1.54, 1.807) is 0 Å².